The van der Waals surface area contributed by atoms with Crippen molar-refractivity contribution in [3.05, 3.63) is 40.9 Å². The predicted octanol–water partition coefficient (Wildman–Crippen LogP) is 1.86. The van der Waals surface area contributed by atoms with Gasteiger partial charge in [0.05, 0.1) is 19.8 Å². The number of ether oxygens (including phenoxy) is 1. The molecule has 2 N–H and O–H groups in total. The molecule has 0 aliphatic carbocycles. The smallest absolute Gasteiger partial charge is 0.0938 e. The van der Waals surface area contributed by atoms with Crippen molar-refractivity contribution in [2.45, 2.75) is 6.61 Å². The molecule has 0 heterocycles. The van der Waals surface area contributed by atoms with Crippen LogP contribution < -0.4 is 5.32 Å². The molecule has 0 saturated carbocycles. The average molecular weight is 234 g/mol. The molecule has 2 nitrogen and oxygen atoms in total. The van der Waals surface area contributed by atoms with E-state index < -0.39 is 0 Å². The normalized spacial score (nSPS) is 10.5. The molecule has 1 rings (SSSR count). The minimum Gasteiger partial charge on any atom is -0.477 e. The van der Waals surface area contributed by atoms with Gasteiger partial charge in [-0.1, -0.05) is 23.2 Å². The maximum atomic E-state index is 5.83. The second-order valence-corrected chi connectivity index (χ2v) is 3.78. The van der Waals surface area contributed by atoms with Gasteiger partial charge < -0.3 is 10.1 Å². The van der Waals surface area contributed by atoms with Gasteiger partial charge >= 0.3 is 0 Å². The minimum atomic E-state index is 0.536. The van der Waals surface area contributed by atoms with Crippen LogP contribution in [-0.2, 0) is 11.3 Å². The highest BCUT2D eigenvalue weighted by Crippen LogP contribution is 2.19. The molecule has 0 unspecified atom stereocenters. The summed E-state index contributed by atoms with van der Waals surface area (Å²) in [5.74, 6) is 0. The third kappa shape index (κ3) is 4.29. The van der Waals surface area contributed by atoms with E-state index >= 15 is 0 Å². The minimum absolute atomic E-state index is 0.536. The van der Waals surface area contributed by atoms with Crippen LogP contribution in [0.1, 0.15) is 5.56 Å². The van der Waals surface area contributed by atoms with E-state index in [1.807, 2.05) is 17.4 Å². The Morgan fingerprint density at radius 1 is 1.21 bits per heavy atom. The Bertz CT molecular complexity index is 271. The zero-order valence-corrected chi connectivity index (χ0v) is 9.31. The van der Waals surface area contributed by atoms with Crippen LogP contribution in [0.3, 0.4) is 0 Å². The number of hydrogen-bond acceptors (Lipinski definition) is 1. The highest BCUT2D eigenvalue weighted by Gasteiger charge is 1.98. The van der Waals surface area contributed by atoms with E-state index in [9.17, 15) is 0 Å². The molecular weight excluding hydrogens is 221 g/mol. The lowest BCUT2D eigenvalue weighted by Gasteiger charge is -2.05. The lowest BCUT2D eigenvalue weighted by Crippen LogP contribution is -2.78. The fourth-order valence-corrected chi connectivity index (χ4v) is 1.62. The maximum absolute atomic E-state index is 5.83. The van der Waals surface area contributed by atoms with Crippen molar-refractivity contribution < 1.29 is 10.1 Å². The molecule has 14 heavy (non-hydrogen) atoms. The van der Waals surface area contributed by atoms with Crippen LogP contribution in [0.25, 0.3) is 0 Å². The van der Waals surface area contributed by atoms with E-state index in [2.05, 4.69) is 7.05 Å². The molecular formula is C10H13Cl2NO. The largest absolute Gasteiger partial charge is 0.477 e. The Morgan fingerprint density at radius 3 is 2.43 bits per heavy atom. The zero-order chi connectivity index (χ0) is 10.4. The number of nitrogens with two attached hydrogens (primary N) is 1. The third-order valence-electron chi connectivity index (χ3n) is 1.66. The number of quaternary nitrogens is 1. The van der Waals surface area contributed by atoms with Crippen LogP contribution in [0.4, 0.5) is 0 Å². The third-order valence-corrected chi connectivity index (χ3v) is 2.09. The second-order valence-electron chi connectivity index (χ2n) is 2.91. The van der Waals surface area contributed by atoms with Crippen LogP contribution >= 0.6 is 23.2 Å². The molecule has 0 aliphatic heterocycles. The quantitative estimate of drug-likeness (QED) is 0.610. The van der Waals surface area contributed by atoms with E-state index in [0.717, 1.165) is 12.1 Å². The summed E-state index contributed by atoms with van der Waals surface area (Å²) in [5, 5.41) is 3.10. The van der Waals surface area contributed by atoms with Crippen molar-refractivity contribution in [1.82, 2.24) is 0 Å². The van der Waals surface area contributed by atoms with Crippen LogP contribution in [0.15, 0.2) is 18.2 Å². The van der Waals surface area contributed by atoms with E-state index in [-0.39, 0.29) is 0 Å². The van der Waals surface area contributed by atoms with E-state index in [1.165, 1.54) is 0 Å². The molecule has 0 aliphatic rings. The number of benzene rings is 1. The molecule has 0 fully saturated rings. The van der Waals surface area contributed by atoms with Gasteiger partial charge in [-0.3, -0.25) is 0 Å². The molecule has 1 aromatic rings. The van der Waals surface area contributed by atoms with Gasteiger partial charge in [-0.15, -0.1) is 0 Å². The van der Waals surface area contributed by atoms with Gasteiger partial charge in [0.1, 0.15) is 0 Å². The SMILES string of the molecule is [CH2-][NH2+]CCOCc1cc(Cl)cc(Cl)c1. The second kappa shape index (κ2) is 6.25. The van der Waals surface area contributed by atoms with Crippen molar-refractivity contribution in [3.63, 3.8) is 0 Å². The number of hydrogen-bond donors (Lipinski definition) is 1. The maximum Gasteiger partial charge on any atom is 0.0938 e. The van der Waals surface area contributed by atoms with Crippen LogP contribution in [0.5, 0.6) is 0 Å². The molecule has 4 heteroatoms. The predicted molar refractivity (Wildman–Crippen MR) is 58.3 cm³/mol. The molecule has 0 saturated heterocycles. The summed E-state index contributed by atoms with van der Waals surface area (Å²) in [5.41, 5.74) is 0.992. The Labute approximate surface area is 94.2 Å². The van der Waals surface area contributed by atoms with Crippen LogP contribution in [0.2, 0.25) is 10.0 Å². The molecule has 78 valence electrons. The summed E-state index contributed by atoms with van der Waals surface area (Å²) >= 11 is 11.7. The first-order valence-electron chi connectivity index (χ1n) is 4.36. The summed E-state index contributed by atoms with van der Waals surface area (Å²) < 4.78 is 5.38. The van der Waals surface area contributed by atoms with Crippen molar-refractivity contribution >= 4 is 23.2 Å². The highest BCUT2D eigenvalue weighted by atomic mass is 35.5. The van der Waals surface area contributed by atoms with E-state index in [0.29, 0.717) is 23.3 Å². The van der Waals surface area contributed by atoms with Gasteiger partial charge in [0, 0.05) is 10.0 Å². The van der Waals surface area contributed by atoms with Crippen molar-refractivity contribution in [2.75, 3.05) is 13.2 Å². The lowest BCUT2D eigenvalue weighted by atomic mass is 10.2. The monoisotopic (exact) mass is 233 g/mol. The van der Waals surface area contributed by atoms with Gasteiger partial charge in [-0.05, 0) is 23.8 Å². The van der Waals surface area contributed by atoms with Gasteiger partial charge in [0.2, 0.25) is 0 Å². The van der Waals surface area contributed by atoms with Gasteiger partial charge in [0.25, 0.3) is 0 Å². The fourth-order valence-electron chi connectivity index (χ4n) is 1.05. The van der Waals surface area contributed by atoms with Gasteiger partial charge in [0.15, 0.2) is 0 Å². The lowest BCUT2D eigenvalue weighted by molar-refractivity contribution is -0.597. The number of rotatable bonds is 5. The van der Waals surface area contributed by atoms with Crippen molar-refractivity contribution in [3.8, 4) is 0 Å². The Balaban J connectivity index is 2.42. The molecule has 0 aromatic heterocycles. The summed E-state index contributed by atoms with van der Waals surface area (Å²) in [6.07, 6.45) is 0. The topological polar surface area (TPSA) is 25.8 Å². The zero-order valence-electron chi connectivity index (χ0n) is 7.80. The molecule has 0 atom stereocenters. The summed E-state index contributed by atoms with van der Waals surface area (Å²) in [7, 11) is 3.61. The summed E-state index contributed by atoms with van der Waals surface area (Å²) in [6, 6.07) is 5.40. The van der Waals surface area contributed by atoms with Gasteiger partial charge in [-0.25, -0.2) is 0 Å². The summed E-state index contributed by atoms with van der Waals surface area (Å²) in [6.45, 7) is 2.07. The molecule has 1 aromatic carbocycles. The number of halogens is 2. The average Bonchev–Trinajstić information content (AvgIpc) is 2.11. The first-order chi connectivity index (χ1) is 6.72. The molecule has 0 radical (unpaired) electrons. The first-order valence-corrected chi connectivity index (χ1v) is 5.11. The Hall–Kier alpha value is -0.280. The Kier molecular flexibility index (Phi) is 5.26. The first kappa shape index (κ1) is 11.8. The summed E-state index contributed by atoms with van der Waals surface area (Å²) in [4.78, 5) is 0. The van der Waals surface area contributed by atoms with Crippen LogP contribution in [0, 0.1) is 7.05 Å². The van der Waals surface area contributed by atoms with E-state index in [1.54, 1.807) is 6.07 Å². The van der Waals surface area contributed by atoms with Crippen molar-refractivity contribution in [1.29, 1.82) is 0 Å². The highest BCUT2D eigenvalue weighted by molar-refractivity contribution is 6.34. The molecule has 0 amide bonds. The van der Waals surface area contributed by atoms with Crippen LogP contribution in [-0.4, -0.2) is 13.2 Å². The molecule has 0 spiro atoms. The van der Waals surface area contributed by atoms with Gasteiger partial charge in [-0.2, -0.15) is 7.05 Å². The molecule has 0 bridgehead atoms. The standard InChI is InChI=1S/C10H13Cl2NO/c1-13-2-3-14-7-8-4-9(11)6-10(12)5-8/h4-6H,1-3,7,13H2. The van der Waals surface area contributed by atoms with Crippen molar-refractivity contribution in [2.24, 2.45) is 0 Å². The Morgan fingerprint density at radius 2 is 1.86 bits per heavy atom. The fraction of sp³-hybridized carbons (Fsp3) is 0.300. The van der Waals surface area contributed by atoms with E-state index in [4.69, 9.17) is 27.9 Å².